The number of hydrogen-bond donors (Lipinski definition) is 1. The molecule has 0 radical (unpaired) electrons. The highest BCUT2D eigenvalue weighted by atomic mass is 32.1. The molecular formula is C10H13NOS. The van der Waals surface area contributed by atoms with Crippen molar-refractivity contribution in [3.05, 3.63) is 22.4 Å². The van der Waals surface area contributed by atoms with E-state index in [2.05, 4.69) is 12.2 Å². The molecule has 1 fully saturated rings. The van der Waals surface area contributed by atoms with Crippen molar-refractivity contribution in [1.82, 2.24) is 5.32 Å². The van der Waals surface area contributed by atoms with Crippen LogP contribution in [0.3, 0.4) is 0 Å². The van der Waals surface area contributed by atoms with Crippen LogP contribution in [0.2, 0.25) is 0 Å². The number of amides is 1. The molecule has 70 valence electrons. The summed E-state index contributed by atoms with van der Waals surface area (Å²) in [6.45, 7) is 2.09. The van der Waals surface area contributed by atoms with Crippen molar-refractivity contribution in [2.45, 2.75) is 25.8 Å². The van der Waals surface area contributed by atoms with Gasteiger partial charge in [-0.25, -0.2) is 0 Å². The average molecular weight is 195 g/mol. The number of thiophene rings is 1. The van der Waals surface area contributed by atoms with Crippen LogP contribution < -0.4 is 5.32 Å². The number of carbonyl (C=O) groups is 1. The molecule has 3 heteroatoms. The summed E-state index contributed by atoms with van der Waals surface area (Å²) < 4.78 is 0. The first-order valence-electron chi connectivity index (χ1n) is 4.60. The lowest BCUT2D eigenvalue weighted by atomic mass is 10.2. The van der Waals surface area contributed by atoms with E-state index >= 15 is 0 Å². The topological polar surface area (TPSA) is 29.1 Å². The third-order valence-electron chi connectivity index (χ3n) is 2.47. The zero-order valence-corrected chi connectivity index (χ0v) is 8.43. The summed E-state index contributed by atoms with van der Waals surface area (Å²) in [7, 11) is 0. The molecule has 1 aromatic heterocycles. The van der Waals surface area contributed by atoms with Crippen molar-refractivity contribution in [3.63, 3.8) is 0 Å². The smallest absolute Gasteiger partial charge is 0.252 e. The molecule has 1 unspecified atom stereocenters. The van der Waals surface area contributed by atoms with Gasteiger partial charge in [-0.1, -0.05) is 0 Å². The fourth-order valence-corrected chi connectivity index (χ4v) is 2.03. The van der Waals surface area contributed by atoms with E-state index in [4.69, 9.17) is 0 Å². The van der Waals surface area contributed by atoms with Crippen LogP contribution >= 0.6 is 11.3 Å². The highest BCUT2D eigenvalue weighted by Gasteiger charge is 2.28. The van der Waals surface area contributed by atoms with Gasteiger partial charge in [0, 0.05) is 17.0 Å². The molecule has 1 aromatic rings. The van der Waals surface area contributed by atoms with Gasteiger partial charge in [-0.15, -0.1) is 0 Å². The maximum Gasteiger partial charge on any atom is 0.252 e. The molecule has 0 aliphatic heterocycles. The summed E-state index contributed by atoms with van der Waals surface area (Å²) in [5, 5.41) is 6.82. The van der Waals surface area contributed by atoms with Gasteiger partial charge >= 0.3 is 0 Å². The van der Waals surface area contributed by atoms with Crippen LogP contribution in [0.25, 0.3) is 0 Å². The first kappa shape index (κ1) is 8.75. The molecular weight excluding hydrogens is 182 g/mol. The zero-order chi connectivity index (χ0) is 9.26. The number of nitrogens with one attached hydrogen (secondary N) is 1. The van der Waals surface area contributed by atoms with Crippen LogP contribution in [-0.4, -0.2) is 11.9 Å². The van der Waals surface area contributed by atoms with Gasteiger partial charge in [0.2, 0.25) is 0 Å². The van der Waals surface area contributed by atoms with E-state index in [1.165, 1.54) is 12.8 Å². The molecule has 2 rings (SSSR count). The first-order chi connectivity index (χ1) is 6.27. The van der Waals surface area contributed by atoms with Crippen LogP contribution in [0.1, 0.15) is 30.1 Å². The van der Waals surface area contributed by atoms with Gasteiger partial charge in [0.05, 0.1) is 0 Å². The largest absolute Gasteiger partial charge is 0.349 e. The maximum absolute atomic E-state index is 11.5. The third kappa shape index (κ3) is 2.10. The Morgan fingerprint density at radius 3 is 3.00 bits per heavy atom. The van der Waals surface area contributed by atoms with Crippen LogP contribution in [0.15, 0.2) is 16.8 Å². The summed E-state index contributed by atoms with van der Waals surface area (Å²) in [4.78, 5) is 11.5. The zero-order valence-electron chi connectivity index (χ0n) is 7.62. The van der Waals surface area contributed by atoms with Crippen LogP contribution in [0.4, 0.5) is 0 Å². The Balaban J connectivity index is 1.91. The second-order valence-electron chi connectivity index (χ2n) is 3.61. The summed E-state index contributed by atoms with van der Waals surface area (Å²) >= 11 is 1.56. The van der Waals surface area contributed by atoms with Crippen LogP contribution in [0.5, 0.6) is 0 Å². The molecule has 1 amide bonds. The van der Waals surface area contributed by atoms with E-state index in [1.54, 1.807) is 11.3 Å². The average Bonchev–Trinajstić information content (AvgIpc) is 2.81. The molecule has 1 heterocycles. The van der Waals surface area contributed by atoms with Gasteiger partial charge in [-0.3, -0.25) is 4.79 Å². The molecule has 1 N–H and O–H groups in total. The molecule has 1 aliphatic rings. The Morgan fingerprint density at radius 2 is 2.46 bits per heavy atom. The van der Waals surface area contributed by atoms with Gasteiger partial charge in [-0.2, -0.15) is 11.3 Å². The molecule has 13 heavy (non-hydrogen) atoms. The van der Waals surface area contributed by atoms with E-state index in [0.717, 1.165) is 11.5 Å². The number of hydrogen-bond acceptors (Lipinski definition) is 2. The van der Waals surface area contributed by atoms with Crippen molar-refractivity contribution in [2.24, 2.45) is 5.92 Å². The lowest BCUT2D eigenvalue weighted by Crippen LogP contribution is -2.33. The maximum atomic E-state index is 11.5. The van der Waals surface area contributed by atoms with Crippen molar-refractivity contribution >= 4 is 17.2 Å². The Bertz CT molecular complexity index is 290. The first-order valence-corrected chi connectivity index (χ1v) is 5.54. The van der Waals surface area contributed by atoms with Crippen LogP contribution in [0, 0.1) is 5.92 Å². The second kappa shape index (κ2) is 3.50. The van der Waals surface area contributed by atoms with E-state index in [1.807, 2.05) is 16.8 Å². The lowest BCUT2D eigenvalue weighted by Gasteiger charge is -2.11. The summed E-state index contributed by atoms with van der Waals surface area (Å²) in [5.41, 5.74) is 0.789. The molecule has 0 aromatic carbocycles. The summed E-state index contributed by atoms with van der Waals surface area (Å²) in [6.07, 6.45) is 2.54. The Hall–Kier alpha value is -0.830. The minimum absolute atomic E-state index is 0.0700. The molecule has 0 spiro atoms. The lowest BCUT2D eigenvalue weighted by molar-refractivity contribution is 0.0936. The van der Waals surface area contributed by atoms with E-state index in [0.29, 0.717) is 6.04 Å². The van der Waals surface area contributed by atoms with Gasteiger partial charge in [-0.05, 0) is 37.1 Å². The van der Waals surface area contributed by atoms with E-state index < -0.39 is 0 Å². The monoisotopic (exact) mass is 195 g/mol. The van der Waals surface area contributed by atoms with Crippen molar-refractivity contribution in [3.8, 4) is 0 Å². The van der Waals surface area contributed by atoms with Crippen LogP contribution in [-0.2, 0) is 0 Å². The molecule has 1 saturated carbocycles. The summed E-state index contributed by atoms with van der Waals surface area (Å²) in [6, 6.07) is 2.20. The fourth-order valence-electron chi connectivity index (χ4n) is 1.40. The second-order valence-corrected chi connectivity index (χ2v) is 4.39. The third-order valence-corrected chi connectivity index (χ3v) is 3.15. The van der Waals surface area contributed by atoms with Crippen molar-refractivity contribution < 1.29 is 4.79 Å². The van der Waals surface area contributed by atoms with Crippen molar-refractivity contribution in [2.75, 3.05) is 0 Å². The normalized spacial score (nSPS) is 18.2. The Kier molecular flexibility index (Phi) is 2.36. The van der Waals surface area contributed by atoms with Gasteiger partial charge in [0.1, 0.15) is 0 Å². The molecule has 0 saturated heterocycles. The van der Waals surface area contributed by atoms with E-state index in [9.17, 15) is 4.79 Å². The minimum atomic E-state index is 0.0700. The van der Waals surface area contributed by atoms with E-state index in [-0.39, 0.29) is 5.91 Å². The molecule has 1 atom stereocenters. The van der Waals surface area contributed by atoms with Gasteiger partial charge < -0.3 is 5.32 Å². The Morgan fingerprint density at radius 1 is 1.69 bits per heavy atom. The van der Waals surface area contributed by atoms with Crippen molar-refractivity contribution in [1.29, 1.82) is 0 Å². The highest BCUT2D eigenvalue weighted by Crippen LogP contribution is 2.32. The fraction of sp³-hybridized carbons (Fsp3) is 0.500. The predicted octanol–water partition coefficient (Wildman–Crippen LogP) is 2.28. The molecule has 2 nitrogen and oxygen atoms in total. The van der Waals surface area contributed by atoms with Gasteiger partial charge in [0.15, 0.2) is 0 Å². The number of rotatable bonds is 3. The quantitative estimate of drug-likeness (QED) is 0.787. The SMILES string of the molecule is CC(NC(=O)c1ccsc1)C1CC1. The Labute approximate surface area is 82.0 Å². The summed E-state index contributed by atoms with van der Waals surface area (Å²) in [5.74, 6) is 0.795. The number of carbonyl (C=O) groups excluding carboxylic acids is 1. The standard InChI is InChI=1S/C10H13NOS/c1-7(8-2-3-8)11-10(12)9-4-5-13-6-9/h4-8H,2-3H2,1H3,(H,11,12). The predicted molar refractivity (Wildman–Crippen MR) is 54.0 cm³/mol. The minimum Gasteiger partial charge on any atom is -0.349 e. The van der Waals surface area contributed by atoms with Gasteiger partial charge in [0.25, 0.3) is 5.91 Å². The molecule has 0 bridgehead atoms. The highest BCUT2D eigenvalue weighted by molar-refractivity contribution is 7.08. The molecule has 1 aliphatic carbocycles.